The van der Waals surface area contributed by atoms with Crippen molar-refractivity contribution >= 4 is 16.9 Å². The maximum Gasteiger partial charge on any atom is 0.251 e. The van der Waals surface area contributed by atoms with E-state index in [2.05, 4.69) is 58.5 Å². The number of hydrogen-bond acceptors (Lipinski definition) is 4. The van der Waals surface area contributed by atoms with E-state index in [4.69, 9.17) is 4.98 Å². The monoisotopic (exact) mass is 519 g/mol. The topological polar surface area (TPSA) is 73.9 Å². The molecule has 39 heavy (non-hydrogen) atoms. The summed E-state index contributed by atoms with van der Waals surface area (Å²) in [6, 6.07) is 18.0. The van der Waals surface area contributed by atoms with Gasteiger partial charge in [-0.3, -0.25) is 14.8 Å². The van der Waals surface area contributed by atoms with Crippen molar-refractivity contribution in [1.82, 2.24) is 25.4 Å². The molecule has 2 atom stereocenters. The van der Waals surface area contributed by atoms with Crippen LogP contribution in [0.1, 0.15) is 73.9 Å². The van der Waals surface area contributed by atoms with Gasteiger partial charge in [0.2, 0.25) is 0 Å². The molecule has 1 saturated heterocycles. The van der Waals surface area contributed by atoms with E-state index in [1.165, 1.54) is 48.9 Å². The van der Waals surface area contributed by atoms with Crippen LogP contribution in [0.25, 0.3) is 33.4 Å². The van der Waals surface area contributed by atoms with E-state index in [9.17, 15) is 4.79 Å². The molecule has 200 valence electrons. The highest BCUT2D eigenvalue weighted by molar-refractivity contribution is 5.97. The van der Waals surface area contributed by atoms with E-state index in [0.29, 0.717) is 17.6 Å². The number of nitrogens with one attached hydrogen (secondary N) is 2. The van der Waals surface area contributed by atoms with E-state index in [1.807, 2.05) is 30.5 Å². The molecule has 0 bridgehead atoms. The summed E-state index contributed by atoms with van der Waals surface area (Å²) in [5.41, 5.74) is 8.87. The molecule has 2 aliphatic carbocycles. The van der Waals surface area contributed by atoms with Crippen molar-refractivity contribution in [3.8, 4) is 22.4 Å². The predicted molar refractivity (Wildman–Crippen MR) is 156 cm³/mol. The number of aryl methyl sites for hydroxylation is 2. The van der Waals surface area contributed by atoms with Crippen molar-refractivity contribution in [3.05, 3.63) is 71.4 Å². The van der Waals surface area contributed by atoms with Crippen molar-refractivity contribution in [2.45, 2.75) is 82.8 Å². The lowest BCUT2D eigenvalue weighted by molar-refractivity contribution is 0.0821. The average Bonchev–Trinajstić information content (AvgIpc) is 3.55. The predicted octanol–water partition coefficient (Wildman–Crippen LogP) is 6.31. The molecule has 6 heteroatoms. The van der Waals surface area contributed by atoms with Crippen LogP contribution in [0.15, 0.2) is 54.7 Å². The molecule has 1 saturated carbocycles. The normalized spacial score (nSPS) is 23.5. The van der Waals surface area contributed by atoms with Crippen LogP contribution >= 0.6 is 0 Å². The SMILES string of the molecule is C[C@@H]1CCCN1C1(C)CCc2ccc(-c3cnc4[nH]nc(-c5ccc(C(=O)NC6CC6)cc5)c4c3)cc2CC1. The first-order chi connectivity index (χ1) is 19.0. The molecule has 0 radical (unpaired) electrons. The van der Waals surface area contributed by atoms with E-state index < -0.39 is 0 Å². The van der Waals surface area contributed by atoms with Gasteiger partial charge in [-0.2, -0.15) is 5.10 Å². The second kappa shape index (κ2) is 9.60. The molecule has 3 aliphatic rings. The van der Waals surface area contributed by atoms with Gasteiger partial charge in [0.05, 0.1) is 0 Å². The number of benzene rings is 2. The van der Waals surface area contributed by atoms with Crippen LogP contribution in [0, 0.1) is 0 Å². The van der Waals surface area contributed by atoms with Gasteiger partial charge in [-0.1, -0.05) is 30.3 Å². The third-order valence-corrected chi connectivity index (χ3v) is 9.40. The molecule has 2 aromatic carbocycles. The maximum atomic E-state index is 12.4. The summed E-state index contributed by atoms with van der Waals surface area (Å²) in [4.78, 5) is 19.9. The molecule has 2 fully saturated rings. The number of rotatable bonds is 5. The maximum absolute atomic E-state index is 12.4. The second-order valence-electron chi connectivity index (χ2n) is 12.2. The molecular formula is C33H37N5O. The van der Waals surface area contributed by atoms with Crippen LogP contribution in [0.2, 0.25) is 0 Å². The van der Waals surface area contributed by atoms with E-state index in [1.54, 1.807) is 0 Å². The van der Waals surface area contributed by atoms with E-state index in [-0.39, 0.29) is 11.4 Å². The lowest BCUT2D eigenvalue weighted by Crippen LogP contribution is -2.48. The number of aromatic amines is 1. The first-order valence-electron chi connectivity index (χ1n) is 14.6. The van der Waals surface area contributed by atoms with Crippen LogP contribution < -0.4 is 5.32 Å². The smallest absolute Gasteiger partial charge is 0.251 e. The summed E-state index contributed by atoms with van der Waals surface area (Å²) >= 11 is 0. The third-order valence-electron chi connectivity index (χ3n) is 9.40. The van der Waals surface area contributed by atoms with Crippen LogP contribution in [0.3, 0.4) is 0 Å². The quantitative estimate of drug-likeness (QED) is 0.303. The zero-order valence-corrected chi connectivity index (χ0v) is 23.0. The van der Waals surface area contributed by atoms with Crippen molar-refractivity contribution in [2.24, 2.45) is 0 Å². The molecule has 4 aromatic rings. The summed E-state index contributed by atoms with van der Waals surface area (Å²) in [5, 5.41) is 11.7. The van der Waals surface area contributed by atoms with E-state index >= 15 is 0 Å². The van der Waals surface area contributed by atoms with Gasteiger partial charge >= 0.3 is 0 Å². The highest BCUT2D eigenvalue weighted by atomic mass is 16.1. The minimum absolute atomic E-state index is 0.00152. The van der Waals surface area contributed by atoms with Crippen LogP contribution in [-0.4, -0.2) is 50.2 Å². The fourth-order valence-corrected chi connectivity index (χ4v) is 6.79. The lowest BCUT2D eigenvalue weighted by atomic mass is 9.89. The van der Waals surface area contributed by atoms with Crippen LogP contribution in [0.5, 0.6) is 0 Å². The van der Waals surface area contributed by atoms with Crippen LogP contribution in [0.4, 0.5) is 0 Å². The minimum Gasteiger partial charge on any atom is -0.349 e. The molecular weight excluding hydrogens is 482 g/mol. The summed E-state index contributed by atoms with van der Waals surface area (Å²) in [5.74, 6) is -0.00152. The molecule has 2 N–H and O–H groups in total. The number of carbonyl (C=O) groups is 1. The number of pyridine rings is 1. The summed E-state index contributed by atoms with van der Waals surface area (Å²) in [7, 11) is 0. The van der Waals surface area contributed by atoms with Gasteiger partial charge < -0.3 is 5.32 Å². The number of H-pyrrole nitrogens is 1. The number of nitrogens with zero attached hydrogens (tertiary/aromatic N) is 3. The summed E-state index contributed by atoms with van der Waals surface area (Å²) < 4.78 is 0. The minimum atomic E-state index is -0.00152. The average molecular weight is 520 g/mol. The Morgan fingerprint density at radius 1 is 0.974 bits per heavy atom. The standard InChI is InChI=1S/C33H37N5O/c1-21-4-3-17-38(21)33(2)15-13-22-5-10-25(18-26(22)14-16-33)27-19-29-30(36-37-31(29)34-20-27)23-6-8-24(9-7-23)32(39)35-28-11-12-28/h5-10,18-21,28H,3-4,11-17H2,1-2H3,(H,35,39)(H,34,36,37)/t21-,33?/m1/s1. The highest BCUT2D eigenvalue weighted by Crippen LogP contribution is 2.38. The Hall–Kier alpha value is -3.51. The molecule has 1 aliphatic heterocycles. The Balaban J connectivity index is 1.15. The summed E-state index contributed by atoms with van der Waals surface area (Å²) in [6.07, 6.45) is 11.5. The van der Waals surface area contributed by atoms with Crippen molar-refractivity contribution in [3.63, 3.8) is 0 Å². The van der Waals surface area contributed by atoms with Gasteiger partial charge in [0, 0.05) is 45.9 Å². The second-order valence-corrected chi connectivity index (χ2v) is 12.2. The molecule has 7 rings (SSSR count). The number of carbonyl (C=O) groups excluding carboxylic acids is 1. The fraction of sp³-hybridized carbons (Fsp3) is 0.424. The zero-order chi connectivity index (χ0) is 26.6. The number of fused-ring (bicyclic) bond motifs is 2. The van der Waals surface area contributed by atoms with Crippen LogP contribution in [-0.2, 0) is 12.8 Å². The van der Waals surface area contributed by atoms with Crippen molar-refractivity contribution < 1.29 is 4.79 Å². The number of hydrogen-bond donors (Lipinski definition) is 2. The Labute approximate surface area is 230 Å². The zero-order valence-electron chi connectivity index (χ0n) is 23.0. The van der Waals surface area contributed by atoms with E-state index in [0.717, 1.165) is 53.5 Å². The Morgan fingerprint density at radius 3 is 2.49 bits per heavy atom. The molecule has 3 heterocycles. The largest absolute Gasteiger partial charge is 0.349 e. The van der Waals surface area contributed by atoms with Gasteiger partial charge in [-0.25, -0.2) is 4.98 Å². The summed E-state index contributed by atoms with van der Waals surface area (Å²) in [6.45, 7) is 6.14. The molecule has 1 unspecified atom stereocenters. The first kappa shape index (κ1) is 24.5. The lowest BCUT2D eigenvalue weighted by Gasteiger charge is -2.41. The Morgan fingerprint density at radius 2 is 1.74 bits per heavy atom. The van der Waals surface area contributed by atoms with Gasteiger partial charge in [0.1, 0.15) is 5.69 Å². The first-order valence-corrected chi connectivity index (χ1v) is 14.6. The van der Waals surface area contributed by atoms with Gasteiger partial charge in [-0.15, -0.1) is 0 Å². The number of aromatic nitrogens is 3. The van der Waals surface area contributed by atoms with Crippen molar-refractivity contribution in [2.75, 3.05) is 6.54 Å². The Kier molecular flexibility index (Phi) is 6.03. The van der Waals surface area contributed by atoms with Gasteiger partial charge in [-0.05, 0) is 107 Å². The fourth-order valence-electron chi connectivity index (χ4n) is 6.79. The highest BCUT2D eigenvalue weighted by Gasteiger charge is 2.38. The Bertz CT molecular complexity index is 1540. The number of likely N-dealkylation sites (tertiary alicyclic amines) is 1. The molecule has 1 amide bonds. The van der Waals surface area contributed by atoms with Crippen molar-refractivity contribution in [1.29, 1.82) is 0 Å². The van der Waals surface area contributed by atoms with Gasteiger partial charge in [0.25, 0.3) is 5.91 Å². The number of amides is 1. The molecule has 0 spiro atoms. The van der Waals surface area contributed by atoms with Gasteiger partial charge in [0.15, 0.2) is 5.65 Å². The third kappa shape index (κ3) is 4.65. The molecule has 6 nitrogen and oxygen atoms in total. The molecule has 2 aromatic heterocycles.